The Morgan fingerprint density at radius 2 is 1.88 bits per heavy atom. The zero-order valence-corrected chi connectivity index (χ0v) is 14.0. The summed E-state index contributed by atoms with van der Waals surface area (Å²) in [6.45, 7) is 5.54. The van der Waals surface area contributed by atoms with Gasteiger partial charge in [-0.3, -0.25) is 0 Å². The minimum absolute atomic E-state index is 0.0313. The molecule has 0 bridgehead atoms. The molecule has 1 aromatic heterocycles. The summed E-state index contributed by atoms with van der Waals surface area (Å²) in [6, 6.07) is 2.58. The highest BCUT2D eigenvalue weighted by atomic mass is 19.4. The van der Waals surface area contributed by atoms with Crippen molar-refractivity contribution in [2.45, 2.75) is 39.3 Å². The monoisotopic (exact) mass is 339 g/mol. The van der Waals surface area contributed by atoms with Crippen LogP contribution in [0.1, 0.15) is 47.8 Å². The highest BCUT2D eigenvalue weighted by Crippen LogP contribution is 2.40. The van der Waals surface area contributed by atoms with Gasteiger partial charge in [0.25, 0.3) is 0 Å². The van der Waals surface area contributed by atoms with E-state index in [1.807, 2.05) is 13.8 Å². The number of halogens is 3. The van der Waals surface area contributed by atoms with E-state index < -0.39 is 11.7 Å². The molecule has 0 aliphatic carbocycles. The maximum atomic E-state index is 13.3. The normalized spacial score (nSPS) is 11.8. The number of nitrogens with two attached hydrogens (primary N) is 1. The van der Waals surface area contributed by atoms with Crippen molar-refractivity contribution in [3.63, 3.8) is 0 Å². The van der Waals surface area contributed by atoms with Gasteiger partial charge in [0.1, 0.15) is 17.4 Å². The summed E-state index contributed by atoms with van der Waals surface area (Å²) in [6.07, 6.45) is -2.71. The molecule has 0 amide bonds. The van der Waals surface area contributed by atoms with Gasteiger partial charge in [-0.15, -0.1) is 0 Å². The van der Waals surface area contributed by atoms with Crippen molar-refractivity contribution in [3.8, 4) is 5.75 Å². The van der Waals surface area contributed by atoms with Gasteiger partial charge in [-0.25, -0.2) is 9.97 Å². The Kier molecular flexibility index (Phi) is 5.01. The molecule has 2 N–H and O–H groups in total. The Hall–Kier alpha value is -2.31. The number of rotatable bonds is 4. The largest absolute Gasteiger partial charge is 0.496 e. The molecule has 7 heteroatoms. The Morgan fingerprint density at radius 1 is 1.21 bits per heavy atom. The molecule has 0 saturated carbocycles. The Morgan fingerprint density at radius 3 is 2.38 bits per heavy atom. The molecule has 0 fully saturated rings. The highest BCUT2D eigenvalue weighted by molar-refractivity contribution is 5.49. The number of ether oxygens (including phenoxy) is 1. The third-order valence-electron chi connectivity index (χ3n) is 3.79. The average molecular weight is 339 g/mol. The lowest BCUT2D eigenvalue weighted by molar-refractivity contribution is -0.138. The molecule has 0 radical (unpaired) electrons. The van der Waals surface area contributed by atoms with Crippen LogP contribution in [0, 0.1) is 6.92 Å². The van der Waals surface area contributed by atoms with Crippen LogP contribution in [0.25, 0.3) is 0 Å². The fourth-order valence-corrected chi connectivity index (χ4v) is 2.58. The van der Waals surface area contributed by atoms with Crippen molar-refractivity contribution in [1.29, 1.82) is 0 Å². The van der Waals surface area contributed by atoms with Crippen LogP contribution in [0.15, 0.2) is 18.3 Å². The number of nitrogen functional groups attached to an aromatic ring is 1. The quantitative estimate of drug-likeness (QED) is 0.911. The van der Waals surface area contributed by atoms with Gasteiger partial charge in [0, 0.05) is 18.2 Å². The summed E-state index contributed by atoms with van der Waals surface area (Å²) < 4.78 is 44.8. The van der Waals surface area contributed by atoms with Crippen LogP contribution in [0.2, 0.25) is 0 Å². The first-order valence-corrected chi connectivity index (χ1v) is 7.49. The maximum absolute atomic E-state index is 13.3. The number of aryl methyl sites for hydroxylation is 1. The van der Waals surface area contributed by atoms with E-state index in [9.17, 15) is 13.2 Å². The fraction of sp³-hybridized carbons (Fsp3) is 0.412. The molecule has 24 heavy (non-hydrogen) atoms. The van der Waals surface area contributed by atoms with Crippen molar-refractivity contribution in [2.24, 2.45) is 0 Å². The third kappa shape index (κ3) is 3.77. The molecule has 1 aromatic carbocycles. The molecule has 2 rings (SSSR count). The standard InChI is InChI=1S/C17H20F3N3O/c1-9(2)13-7-15(24-4)14(17(18,19)20)6-11(13)5-12-8-22-10(3)23-16(12)21/h6-9H,5H2,1-4H3,(H2,21,22,23). The van der Waals surface area contributed by atoms with Gasteiger partial charge in [-0.1, -0.05) is 13.8 Å². The number of hydrogen-bond donors (Lipinski definition) is 1. The summed E-state index contributed by atoms with van der Waals surface area (Å²) in [4.78, 5) is 8.15. The van der Waals surface area contributed by atoms with E-state index >= 15 is 0 Å². The number of anilines is 1. The summed E-state index contributed by atoms with van der Waals surface area (Å²) in [5, 5.41) is 0. The van der Waals surface area contributed by atoms with Crippen molar-refractivity contribution < 1.29 is 17.9 Å². The van der Waals surface area contributed by atoms with Crippen LogP contribution in [-0.4, -0.2) is 17.1 Å². The molecular formula is C17H20F3N3O. The van der Waals surface area contributed by atoms with Gasteiger partial charge in [0.2, 0.25) is 0 Å². The molecular weight excluding hydrogens is 319 g/mol. The lowest BCUT2D eigenvalue weighted by Crippen LogP contribution is -2.11. The van der Waals surface area contributed by atoms with Crippen LogP contribution in [0.4, 0.5) is 19.0 Å². The van der Waals surface area contributed by atoms with E-state index in [1.165, 1.54) is 13.2 Å². The Bertz CT molecular complexity index is 743. The number of alkyl halides is 3. The second-order valence-corrected chi connectivity index (χ2v) is 5.91. The van der Waals surface area contributed by atoms with E-state index in [0.717, 1.165) is 11.6 Å². The zero-order chi connectivity index (χ0) is 18.1. The third-order valence-corrected chi connectivity index (χ3v) is 3.79. The fourth-order valence-electron chi connectivity index (χ4n) is 2.58. The summed E-state index contributed by atoms with van der Waals surface area (Å²) in [7, 11) is 1.24. The number of aromatic nitrogens is 2. The number of benzene rings is 1. The molecule has 0 aliphatic rings. The lowest BCUT2D eigenvalue weighted by atomic mass is 9.91. The van der Waals surface area contributed by atoms with Crippen molar-refractivity contribution in [3.05, 3.63) is 46.4 Å². The predicted molar refractivity (Wildman–Crippen MR) is 86.1 cm³/mol. The van der Waals surface area contributed by atoms with Crippen molar-refractivity contribution >= 4 is 5.82 Å². The van der Waals surface area contributed by atoms with Gasteiger partial charge >= 0.3 is 6.18 Å². The minimum atomic E-state index is -4.50. The van der Waals surface area contributed by atoms with E-state index in [-0.39, 0.29) is 23.9 Å². The zero-order valence-electron chi connectivity index (χ0n) is 14.0. The molecule has 1 heterocycles. The first kappa shape index (κ1) is 18.0. The summed E-state index contributed by atoms with van der Waals surface area (Å²) >= 11 is 0. The number of hydrogen-bond acceptors (Lipinski definition) is 4. The second kappa shape index (κ2) is 6.67. The van der Waals surface area contributed by atoms with Crippen molar-refractivity contribution in [1.82, 2.24) is 9.97 Å². The first-order chi connectivity index (χ1) is 11.1. The molecule has 0 aliphatic heterocycles. The second-order valence-electron chi connectivity index (χ2n) is 5.91. The van der Waals surface area contributed by atoms with Crippen molar-refractivity contribution in [2.75, 3.05) is 12.8 Å². The molecule has 2 aromatic rings. The van der Waals surface area contributed by atoms with E-state index in [2.05, 4.69) is 9.97 Å². The highest BCUT2D eigenvalue weighted by Gasteiger charge is 2.35. The van der Waals surface area contributed by atoms with E-state index in [1.54, 1.807) is 13.1 Å². The van der Waals surface area contributed by atoms with Crippen LogP contribution < -0.4 is 10.5 Å². The summed E-state index contributed by atoms with van der Waals surface area (Å²) in [5.74, 6) is 0.652. The smallest absolute Gasteiger partial charge is 0.419 e. The lowest BCUT2D eigenvalue weighted by Gasteiger charge is -2.19. The number of methoxy groups -OCH3 is 1. The van der Waals surface area contributed by atoms with E-state index in [0.29, 0.717) is 17.0 Å². The molecule has 0 atom stereocenters. The average Bonchev–Trinajstić information content (AvgIpc) is 2.48. The predicted octanol–water partition coefficient (Wildman–Crippen LogP) is 4.11. The SMILES string of the molecule is COc1cc(C(C)C)c(Cc2cnc(C)nc2N)cc1C(F)(F)F. The number of nitrogens with zero attached hydrogens (tertiary/aromatic N) is 2. The molecule has 0 spiro atoms. The van der Waals surface area contributed by atoms with Gasteiger partial charge in [0.15, 0.2) is 0 Å². The molecule has 130 valence electrons. The maximum Gasteiger partial charge on any atom is 0.419 e. The topological polar surface area (TPSA) is 61.0 Å². The van der Waals surface area contributed by atoms with E-state index in [4.69, 9.17) is 10.5 Å². The Labute approximate surface area is 138 Å². The van der Waals surface area contributed by atoms with Crippen LogP contribution in [0.3, 0.4) is 0 Å². The minimum Gasteiger partial charge on any atom is -0.496 e. The van der Waals surface area contributed by atoms with Gasteiger partial charge in [-0.2, -0.15) is 13.2 Å². The van der Waals surface area contributed by atoms with Crippen LogP contribution >= 0.6 is 0 Å². The Balaban J connectivity index is 2.58. The van der Waals surface area contributed by atoms with Gasteiger partial charge in [-0.05, 0) is 36.1 Å². The molecule has 4 nitrogen and oxygen atoms in total. The summed E-state index contributed by atoms with van der Waals surface area (Å²) in [5.41, 5.74) is 7.00. The molecule has 0 unspecified atom stereocenters. The molecule has 0 saturated heterocycles. The van der Waals surface area contributed by atoms with Crippen LogP contribution in [0.5, 0.6) is 5.75 Å². The first-order valence-electron chi connectivity index (χ1n) is 7.49. The van der Waals surface area contributed by atoms with Crippen LogP contribution in [-0.2, 0) is 12.6 Å². The van der Waals surface area contributed by atoms with Gasteiger partial charge in [0.05, 0.1) is 12.7 Å². The van der Waals surface area contributed by atoms with Gasteiger partial charge < -0.3 is 10.5 Å².